The number of rotatable bonds is 5. The number of aryl methyl sites for hydroxylation is 1. The molecule has 1 aromatic heterocycles. The summed E-state index contributed by atoms with van der Waals surface area (Å²) in [6.45, 7) is 1.85. The minimum atomic E-state index is -0.506. The standard InChI is InChI=1S/C18H17FN4OS/c1-12-21-22-18(23(12)2)25-16(13-6-4-3-5-7-13)17(24)20-15-10-8-14(19)9-11-15/h3-11,16H,1-2H3,(H,20,24)/t16-/m0/s1. The van der Waals surface area contributed by atoms with Crippen LogP contribution in [0.25, 0.3) is 0 Å². The molecule has 0 aliphatic carbocycles. The Bertz CT molecular complexity index is 865. The average Bonchev–Trinajstić information content (AvgIpc) is 2.94. The number of hydrogen-bond acceptors (Lipinski definition) is 4. The Labute approximate surface area is 149 Å². The van der Waals surface area contributed by atoms with Gasteiger partial charge in [0.25, 0.3) is 0 Å². The van der Waals surface area contributed by atoms with E-state index in [-0.39, 0.29) is 11.7 Å². The molecule has 3 aromatic rings. The predicted molar refractivity (Wildman–Crippen MR) is 95.8 cm³/mol. The van der Waals surface area contributed by atoms with Gasteiger partial charge in [-0.1, -0.05) is 42.1 Å². The van der Waals surface area contributed by atoms with Crippen molar-refractivity contribution in [2.45, 2.75) is 17.3 Å². The van der Waals surface area contributed by atoms with Gasteiger partial charge in [0, 0.05) is 12.7 Å². The first-order valence-electron chi connectivity index (χ1n) is 7.68. The number of halogens is 1. The maximum Gasteiger partial charge on any atom is 0.242 e. The highest BCUT2D eigenvalue weighted by atomic mass is 32.2. The van der Waals surface area contributed by atoms with Crippen molar-refractivity contribution in [1.82, 2.24) is 14.8 Å². The summed E-state index contributed by atoms with van der Waals surface area (Å²) in [4.78, 5) is 12.8. The van der Waals surface area contributed by atoms with Crippen LogP contribution in [0.4, 0.5) is 10.1 Å². The molecule has 3 rings (SSSR count). The van der Waals surface area contributed by atoms with E-state index in [0.717, 1.165) is 11.4 Å². The largest absolute Gasteiger partial charge is 0.325 e. The van der Waals surface area contributed by atoms with Crippen LogP contribution in [0.2, 0.25) is 0 Å². The lowest BCUT2D eigenvalue weighted by Crippen LogP contribution is -2.19. The fourth-order valence-electron chi connectivity index (χ4n) is 2.24. The molecule has 0 aliphatic rings. The zero-order valence-electron chi connectivity index (χ0n) is 13.8. The number of hydrogen-bond donors (Lipinski definition) is 1. The van der Waals surface area contributed by atoms with E-state index in [1.165, 1.54) is 36.0 Å². The molecule has 0 bridgehead atoms. The van der Waals surface area contributed by atoms with Gasteiger partial charge in [0.2, 0.25) is 5.91 Å². The Morgan fingerprint density at radius 1 is 1.12 bits per heavy atom. The molecule has 0 saturated heterocycles. The molecule has 128 valence electrons. The van der Waals surface area contributed by atoms with Crippen molar-refractivity contribution in [3.8, 4) is 0 Å². The lowest BCUT2D eigenvalue weighted by molar-refractivity contribution is -0.115. The number of carbonyl (C=O) groups is 1. The molecule has 0 saturated carbocycles. The molecule has 1 atom stereocenters. The van der Waals surface area contributed by atoms with Crippen LogP contribution in [0, 0.1) is 12.7 Å². The summed E-state index contributed by atoms with van der Waals surface area (Å²) in [6.07, 6.45) is 0. The summed E-state index contributed by atoms with van der Waals surface area (Å²) >= 11 is 1.32. The van der Waals surface area contributed by atoms with E-state index in [1.807, 2.05) is 48.9 Å². The molecule has 0 spiro atoms. The molecule has 7 heteroatoms. The predicted octanol–water partition coefficient (Wildman–Crippen LogP) is 3.73. The van der Waals surface area contributed by atoms with Crippen molar-refractivity contribution >= 4 is 23.4 Å². The monoisotopic (exact) mass is 356 g/mol. The van der Waals surface area contributed by atoms with Gasteiger partial charge in [0.15, 0.2) is 5.16 Å². The molecule has 0 unspecified atom stereocenters. The molecule has 1 N–H and O–H groups in total. The molecule has 5 nitrogen and oxygen atoms in total. The lowest BCUT2D eigenvalue weighted by atomic mass is 10.1. The summed E-state index contributed by atoms with van der Waals surface area (Å²) in [6, 6.07) is 15.1. The summed E-state index contributed by atoms with van der Waals surface area (Å²) in [5.41, 5.74) is 1.40. The van der Waals surface area contributed by atoms with Gasteiger partial charge in [-0.2, -0.15) is 0 Å². The zero-order valence-corrected chi connectivity index (χ0v) is 14.6. The van der Waals surface area contributed by atoms with Crippen LogP contribution < -0.4 is 5.32 Å². The Balaban J connectivity index is 1.86. The molecule has 1 amide bonds. The van der Waals surface area contributed by atoms with Crippen molar-refractivity contribution in [3.05, 3.63) is 71.8 Å². The average molecular weight is 356 g/mol. The fraction of sp³-hybridized carbons (Fsp3) is 0.167. The van der Waals surface area contributed by atoms with Gasteiger partial charge < -0.3 is 9.88 Å². The topological polar surface area (TPSA) is 59.8 Å². The zero-order chi connectivity index (χ0) is 17.8. The van der Waals surface area contributed by atoms with Crippen molar-refractivity contribution in [1.29, 1.82) is 0 Å². The highest BCUT2D eigenvalue weighted by Gasteiger charge is 2.24. The first-order valence-corrected chi connectivity index (χ1v) is 8.56. The number of nitrogens with one attached hydrogen (secondary N) is 1. The van der Waals surface area contributed by atoms with Gasteiger partial charge in [0.1, 0.15) is 16.9 Å². The molecule has 0 aliphatic heterocycles. The van der Waals surface area contributed by atoms with Crippen LogP contribution in [0.1, 0.15) is 16.6 Å². The van der Waals surface area contributed by atoms with E-state index in [9.17, 15) is 9.18 Å². The second kappa shape index (κ2) is 7.48. The third kappa shape index (κ3) is 4.06. The van der Waals surface area contributed by atoms with Crippen molar-refractivity contribution in [2.24, 2.45) is 7.05 Å². The van der Waals surface area contributed by atoms with Crippen LogP contribution in [-0.2, 0) is 11.8 Å². The van der Waals surface area contributed by atoms with Gasteiger partial charge in [-0.15, -0.1) is 10.2 Å². The van der Waals surface area contributed by atoms with Crippen LogP contribution in [0.15, 0.2) is 59.8 Å². The summed E-state index contributed by atoms with van der Waals surface area (Å²) in [7, 11) is 1.86. The maximum absolute atomic E-state index is 13.0. The molecule has 2 aromatic carbocycles. The second-order valence-electron chi connectivity index (χ2n) is 5.49. The number of thioether (sulfide) groups is 1. The van der Waals surface area contributed by atoms with Crippen molar-refractivity contribution in [3.63, 3.8) is 0 Å². The number of nitrogens with zero attached hydrogens (tertiary/aromatic N) is 3. The summed E-state index contributed by atoms with van der Waals surface area (Å²) in [5, 5.41) is 11.1. The molecule has 1 heterocycles. The number of amides is 1. The minimum absolute atomic E-state index is 0.205. The van der Waals surface area contributed by atoms with E-state index in [2.05, 4.69) is 15.5 Å². The second-order valence-corrected chi connectivity index (χ2v) is 6.57. The number of anilines is 1. The molecule has 25 heavy (non-hydrogen) atoms. The van der Waals surface area contributed by atoms with Crippen LogP contribution in [0.3, 0.4) is 0 Å². The Morgan fingerprint density at radius 2 is 1.80 bits per heavy atom. The van der Waals surface area contributed by atoms with Crippen molar-refractivity contribution < 1.29 is 9.18 Å². The number of carbonyl (C=O) groups excluding carboxylic acids is 1. The Kier molecular flexibility index (Phi) is 5.14. The van der Waals surface area contributed by atoms with Crippen LogP contribution in [-0.4, -0.2) is 20.7 Å². The van der Waals surface area contributed by atoms with Gasteiger partial charge in [-0.25, -0.2) is 4.39 Å². The Morgan fingerprint density at radius 3 is 2.40 bits per heavy atom. The first kappa shape index (κ1) is 17.2. The number of benzene rings is 2. The lowest BCUT2D eigenvalue weighted by Gasteiger charge is -2.16. The van der Waals surface area contributed by atoms with E-state index in [0.29, 0.717) is 10.8 Å². The molecular formula is C18H17FN4OS. The SMILES string of the molecule is Cc1nnc(S[C@H](C(=O)Nc2ccc(F)cc2)c2ccccc2)n1C. The summed E-state index contributed by atoms with van der Waals surface area (Å²) < 4.78 is 14.9. The maximum atomic E-state index is 13.0. The van der Waals surface area contributed by atoms with E-state index in [1.54, 1.807) is 0 Å². The van der Waals surface area contributed by atoms with E-state index >= 15 is 0 Å². The number of aromatic nitrogens is 3. The molecular weight excluding hydrogens is 339 g/mol. The molecule has 0 fully saturated rings. The highest BCUT2D eigenvalue weighted by molar-refractivity contribution is 8.00. The normalized spacial score (nSPS) is 12.0. The van der Waals surface area contributed by atoms with E-state index < -0.39 is 5.25 Å². The first-order chi connectivity index (χ1) is 12.0. The third-order valence-corrected chi connectivity index (χ3v) is 5.02. The fourth-order valence-corrected chi connectivity index (χ4v) is 3.29. The van der Waals surface area contributed by atoms with Crippen LogP contribution >= 0.6 is 11.8 Å². The van der Waals surface area contributed by atoms with Gasteiger partial charge >= 0.3 is 0 Å². The van der Waals surface area contributed by atoms with Crippen molar-refractivity contribution in [2.75, 3.05) is 5.32 Å². The third-order valence-electron chi connectivity index (χ3n) is 3.73. The quantitative estimate of drug-likeness (QED) is 0.708. The van der Waals surface area contributed by atoms with Gasteiger partial charge in [0.05, 0.1) is 0 Å². The Hall–Kier alpha value is -2.67. The molecule has 0 radical (unpaired) electrons. The van der Waals surface area contributed by atoms with Gasteiger partial charge in [-0.05, 0) is 36.8 Å². The van der Waals surface area contributed by atoms with E-state index in [4.69, 9.17) is 0 Å². The van der Waals surface area contributed by atoms with Gasteiger partial charge in [-0.3, -0.25) is 4.79 Å². The highest BCUT2D eigenvalue weighted by Crippen LogP contribution is 2.35. The minimum Gasteiger partial charge on any atom is -0.325 e. The summed E-state index contributed by atoms with van der Waals surface area (Å²) in [5.74, 6) is 0.221. The van der Waals surface area contributed by atoms with Crippen LogP contribution in [0.5, 0.6) is 0 Å². The smallest absolute Gasteiger partial charge is 0.242 e.